The number of amides is 1. The van der Waals surface area contributed by atoms with Gasteiger partial charge in [-0.2, -0.15) is 4.39 Å². The molecule has 4 atom stereocenters. The second kappa shape index (κ2) is 22.8. The third kappa shape index (κ3) is 12.5. The number of likely N-dealkylation sites (N-methyl/N-ethyl adjacent to an activating group) is 1. The first-order chi connectivity index (χ1) is 31.4. The molecule has 3 aliphatic rings. The number of carbonyl (C=O) groups is 2. The number of fused-ring (bicyclic) bond motifs is 2. The van der Waals surface area contributed by atoms with Crippen molar-refractivity contribution in [2.24, 2.45) is 5.41 Å². The topological polar surface area (TPSA) is 124 Å². The maximum atomic E-state index is 14.9. The standard InChI is InChI=1S/C50H65F2N5O7S/c1-33(53-5)30-54-47(50(2,3)4)48(59)57-31-37-27-38(14-13-35(37)28-43(57)44(58)29-36-11-8-10-34-9-6-7-12-39(34)36)63-25-23-61-21-22-62-24-26-64-46-40(15-16-41(51)45(46)52)42-32-65-49(55-42)56-17-19-60-20-18-56/h6-7,9,12-16,27,32-33,36,43,47,53-54H,8,10-11,17-26,28-31H2,1-5H3/t33-,36-,43-,47+/m0/s1. The monoisotopic (exact) mass is 917 g/mol. The van der Waals surface area contributed by atoms with Crippen molar-refractivity contribution in [2.45, 2.75) is 90.4 Å². The number of ether oxygens (including phenoxy) is 5. The summed E-state index contributed by atoms with van der Waals surface area (Å²) >= 11 is 1.44. The van der Waals surface area contributed by atoms with Crippen LogP contribution in [0, 0.1) is 17.0 Å². The number of anilines is 1. The fraction of sp³-hybridized carbons (Fsp3) is 0.540. The number of thiazole rings is 1. The maximum absolute atomic E-state index is 14.9. The zero-order valence-electron chi connectivity index (χ0n) is 38.5. The quantitative estimate of drug-likeness (QED) is 0.0816. The normalized spacial score (nSPS) is 18.4. The van der Waals surface area contributed by atoms with Gasteiger partial charge in [-0.15, -0.1) is 11.3 Å². The van der Waals surface area contributed by atoms with E-state index in [1.54, 1.807) is 0 Å². The number of ketones is 1. The molecular weight excluding hydrogens is 853 g/mol. The molecule has 2 N–H and O–H groups in total. The lowest BCUT2D eigenvalue weighted by molar-refractivity contribution is -0.145. The molecule has 1 fully saturated rings. The summed E-state index contributed by atoms with van der Waals surface area (Å²) in [6.07, 6.45) is 3.91. The van der Waals surface area contributed by atoms with Crippen LogP contribution in [-0.4, -0.2) is 119 Å². The van der Waals surface area contributed by atoms with Crippen LogP contribution >= 0.6 is 11.3 Å². The van der Waals surface area contributed by atoms with E-state index in [0.29, 0.717) is 76.0 Å². The van der Waals surface area contributed by atoms with Gasteiger partial charge in [0.05, 0.1) is 57.4 Å². The minimum Gasteiger partial charge on any atom is -0.491 e. The van der Waals surface area contributed by atoms with Crippen molar-refractivity contribution in [1.82, 2.24) is 20.5 Å². The minimum absolute atomic E-state index is 0.00513. The molecule has 2 aliphatic heterocycles. The summed E-state index contributed by atoms with van der Waals surface area (Å²) in [5.41, 5.74) is 5.09. The number of aromatic nitrogens is 1. The SMILES string of the molecule is CN[C@@H](C)CN[C@H](C(=O)N1Cc2cc(OCCOCCOCCOc3c(-c4csc(N5CCOCC5)n4)ccc(F)c3F)ccc2C[C@H]1C(=O)C[C@@H]1CCCc2ccccc21)C(C)(C)C. The summed E-state index contributed by atoms with van der Waals surface area (Å²) in [7, 11) is 1.91. The molecule has 1 saturated heterocycles. The Hall–Kier alpha value is -4.51. The number of morpholine rings is 1. The van der Waals surface area contributed by atoms with Crippen molar-refractivity contribution in [3.05, 3.63) is 93.9 Å². The van der Waals surface area contributed by atoms with Gasteiger partial charge < -0.3 is 44.1 Å². The van der Waals surface area contributed by atoms with Gasteiger partial charge in [0.1, 0.15) is 19.0 Å². The fourth-order valence-corrected chi connectivity index (χ4v) is 9.73. The number of hydrogen-bond donors (Lipinski definition) is 2. The average Bonchev–Trinajstić information content (AvgIpc) is 3.80. The Morgan fingerprint density at radius 1 is 0.938 bits per heavy atom. The molecule has 0 saturated carbocycles. The number of carbonyl (C=O) groups excluding carboxylic acids is 2. The van der Waals surface area contributed by atoms with Crippen LogP contribution in [0.15, 0.2) is 60.0 Å². The van der Waals surface area contributed by atoms with Crippen LogP contribution in [0.5, 0.6) is 11.5 Å². The lowest BCUT2D eigenvalue weighted by atomic mass is 9.78. The Kier molecular flexibility index (Phi) is 17.0. The first kappa shape index (κ1) is 48.4. The van der Waals surface area contributed by atoms with E-state index >= 15 is 0 Å². The molecule has 65 heavy (non-hydrogen) atoms. The van der Waals surface area contributed by atoms with E-state index in [1.807, 2.05) is 35.5 Å². The van der Waals surface area contributed by atoms with Gasteiger partial charge in [-0.3, -0.25) is 9.59 Å². The van der Waals surface area contributed by atoms with Gasteiger partial charge in [-0.1, -0.05) is 51.1 Å². The molecule has 1 aromatic heterocycles. The van der Waals surface area contributed by atoms with Crippen molar-refractivity contribution < 1.29 is 42.1 Å². The van der Waals surface area contributed by atoms with Crippen molar-refractivity contribution in [3.63, 3.8) is 0 Å². The van der Waals surface area contributed by atoms with Crippen LogP contribution in [0.25, 0.3) is 11.3 Å². The summed E-state index contributed by atoms with van der Waals surface area (Å²) in [5.74, 6) is -1.42. The van der Waals surface area contributed by atoms with Gasteiger partial charge >= 0.3 is 0 Å². The van der Waals surface area contributed by atoms with Gasteiger partial charge in [0.2, 0.25) is 11.7 Å². The molecule has 0 radical (unpaired) electrons. The summed E-state index contributed by atoms with van der Waals surface area (Å²) in [6, 6.07) is 16.0. The molecule has 352 valence electrons. The van der Waals surface area contributed by atoms with E-state index in [1.165, 1.54) is 28.5 Å². The first-order valence-corrected chi connectivity index (χ1v) is 23.9. The van der Waals surface area contributed by atoms with E-state index in [-0.39, 0.29) is 49.2 Å². The number of Topliss-reactive ketones (excluding diaryl/α,β-unsaturated/α-hetero) is 1. The zero-order valence-corrected chi connectivity index (χ0v) is 39.3. The third-order valence-electron chi connectivity index (χ3n) is 12.6. The molecule has 4 aromatic rings. The fourth-order valence-electron chi connectivity index (χ4n) is 8.85. The molecule has 0 spiro atoms. The van der Waals surface area contributed by atoms with Gasteiger partial charge in [-0.05, 0) is 91.1 Å². The highest BCUT2D eigenvalue weighted by atomic mass is 32.1. The minimum atomic E-state index is -1.07. The second-order valence-electron chi connectivity index (χ2n) is 18.2. The van der Waals surface area contributed by atoms with E-state index in [4.69, 9.17) is 23.7 Å². The Labute approximate surface area is 386 Å². The first-order valence-electron chi connectivity index (χ1n) is 23.0. The van der Waals surface area contributed by atoms with E-state index < -0.39 is 29.1 Å². The number of aryl methyl sites for hydroxylation is 1. The Morgan fingerprint density at radius 2 is 1.68 bits per heavy atom. The molecule has 1 amide bonds. The molecule has 12 nitrogen and oxygen atoms in total. The van der Waals surface area contributed by atoms with Gasteiger partial charge in [0, 0.05) is 56.0 Å². The zero-order chi connectivity index (χ0) is 45.9. The molecule has 3 aromatic carbocycles. The summed E-state index contributed by atoms with van der Waals surface area (Å²) < 4.78 is 57.8. The molecule has 0 bridgehead atoms. The van der Waals surface area contributed by atoms with E-state index in [0.717, 1.165) is 54.7 Å². The highest BCUT2D eigenvalue weighted by Crippen LogP contribution is 2.38. The molecular formula is C50H65F2N5O7S. The number of benzene rings is 3. The van der Waals surface area contributed by atoms with Crippen LogP contribution in [0.4, 0.5) is 13.9 Å². The van der Waals surface area contributed by atoms with Gasteiger partial charge in [0.15, 0.2) is 22.5 Å². The average molecular weight is 918 g/mol. The predicted molar refractivity (Wildman–Crippen MR) is 249 cm³/mol. The van der Waals surface area contributed by atoms with Crippen molar-refractivity contribution >= 4 is 28.2 Å². The Bertz CT molecular complexity index is 2210. The number of rotatable bonds is 21. The predicted octanol–water partition coefficient (Wildman–Crippen LogP) is 7.36. The molecule has 15 heteroatoms. The Morgan fingerprint density at radius 3 is 2.43 bits per heavy atom. The summed E-state index contributed by atoms with van der Waals surface area (Å²) in [4.78, 5) is 37.7. The lowest BCUT2D eigenvalue weighted by Gasteiger charge is -2.42. The summed E-state index contributed by atoms with van der Waals surface area (Å²) in [6.45, 7) is 13.2. The number of hydrogen-bond acceptors (Lipinski definition) is 12. The molecule has 7 rings (SSSR count). The summed E-state index contributed by atoms with van der Waals surface area (Å²) in [5, 5.41) is 9.39. The maximum Gasteiger partial charge on any atom is 0.241 e. The number of nitrogens with one attached hydrogen (secondary N) is 2. The number of halogens is 2. The molecule has 3 heterocycles. The van der Waals surface area contributed by atoms with Crippen LogP contribution in [-0.2, 0) is 43.2 Å². The highest BCUT2D eigenvalue weighted by molar-refractivity contribution is 7.14. The van der Waals surface area contributed by atoms with Crippen LogP contribution in [0.2, 0.25) is 0 Å². The largest absolute Gasteiger partial charge is 0.491 e. The van der Waals surface area contributed by atoms with Crippen LogP contribution in [0.3, 0.4) is 0 Å². The van der Waals surface area contributed by atoms with Gasteiger partial charge in [0.25, 0.3) is 0 Å². The van der Waals surface area contributed by atoms with Crippen LogP contribution in [0.1, 0.15) is 75.1 Å². The third-order valence-corrected chi connectivity index (χ3v) is 13.5. The van der Waals surface area contributed by atoms with Crippen LogP contribution < -0.4 is 25.0 Å². The van der Waals surface area contributed by atoms with E-state index in [2.05, 4.69) is 72.5 Å². The lowest BCUT2D eigenvalue weighted by Crippen LogP contribution is -2.59. The molecule has 1 aliphatic carbocycles. The van der Waals surface area contributed by atoms with E-state index in [9.17, 15) is 18.4 Å². The smallest absolute Gasteiger partial charge is 0.241 e. The van der Waals surface area contributed by atoms with Gasteiger partial charge in [-0.25, -0.2) is 9.37 Å². The Balaban J connectivity index is 0.901. The highest BCUT2D eigenvalue weighted by Gasteiger charge is 2.42. The van der Waals surface area contributed by atoms with Crippen molar-refractivity contribution in [1.29, 1.82) is 0 Å². The second-order valence-corrected chi connectivity index (χ2v) is 19.1. The van der Waals surface area contributed by atoms with Crippen molar-refractivity contribution in [2.75, 3.05) is 84.4 Å². The number of nitrogens with zero attached hydrogens (tertiary/aromatic N) is 3. The molecule has 0 unspecified atom stereocenters. The van der Waals surface area contributed by atoms with Crippen molar-refractivity contribution in [3.8, 4) is 22.8 Å².